The first-order chi connectivity index (χ1) is 7.77. The molecule has 0 heterocycles. The highest BCUT2D eigenvalue weighted by atomic mass is 35.5. The largest absolute Gasteiger partial charge is 0.496 e. The van der Waals surface area contributed by atoms with E-state index in [9.17, 15) is 4.79 Å². The van der Waals surface area contributed by atoms with Gasteiger partial charge in [0.15, 0.2) is 5.78 Å². The van der Waals surface area contributed by atoms with Crippen LogP contribution in [0, 0.1) is 0 Å². The van der Waals surface area contributed by atoms with Crippen molar-refractivity contribution in [2.45, 2.75) is 38.5 Å². The van der Waals surface area contributed by atoms with Crippen molar-refractivity contribution in [2.24, 2.45) is 0 Å². The van der Waals surface area contributed by atoms with Gasteiger partial charge in [-0.25, -0.2) is 0 Å². The molecule has 3 heteroatoms. The summed E-state index contributed by atoms with van der Waals surface area (Å²) < 4.78 is 5.20. The Morgan fingerprint density at radius 2 is 1.94 bits per heavy atom. The number of rotatable bonds is 3. The first-order valence-electron chi connectivity index (χ1n) is 5.64. The molecule has 0 fully saturated rings. The Hall–Kier alpha value is -1.02. The van der Waals surface area contributed by atoms with E-state index in [4.69, 9.17) is 16.3 Å². The van der Waals surface area contributed by atoms with Crippen LogP contribution in [-0.4, -0.2) is 18.3 Å². The van der Waals surface area contributed by atoms with Crippen LogP contribution in [-0.2, 0) is 5.41 Å². The minimum Gasteiger partial charge on any atom is -0.496 e. The van der Waals surface area contributed by atoms with Gasteiger partial charge in [-0.15, -0.1) is 11.6 Å². The minimum absolute atomic E-state index is 0.00312. The average Bonchev–Trinajstić information content (AvgIpc) is 2.25. The summed E-state index contributed by atoms with van der Waals surface area (Å²) in [5.74, 6) is 0.477. The van der Waals surface area contributed by atoms with E-state index in [1.54, 1.807) is 14.0 Å². The third-order valence-electron chi connectivity index (χ3n) is 2.69. The van der Waals surface area contributed by atoms with Gasteiger partial charge in [0.25, 0.3) is 0 Å². The molecule has 0 N–H and O–H groups in total. The predicted octanol–water partition coefficient (Wildman–Crippen LogP) is 3.80. The molecule has 0 spiro atoms. The van der Waals surface area contributed by atoms with Gasteiger partial charge in [-0.1, -0.05) is 26.8 Å². The maximum Gasteiger partial charge on any atom is 0.184 e. The molecule has 0 saturated carbocycles. The smallest absolute Gasteiger partial charge is 0.184 e. The molecule has 0 aliphatic heterocycles. The van der Waals surface area contributed by atoms with Crippen LogP contribution in [0.5, 0.6) is 5.75 Å². The highest BCUT2D eigenvalue weighted by Gasteiger charge is 2.21. The lowest BCUT2D eigenvalue weighted by molar-refractivity contribution is 0.0988. The molecule has 0 bridgehead atoms. The minimum atomic E-state index is -0.542. The second-order valence-corrected chi connectivity index (χ2v) is 5.80. The molecule has 0 radical (unpaired) electrons. The Kier molecular flexibility index (Phi) is 4.21. The maximum absolute atomic E-state index is 12.0. The SMILES string of the molecule is COc1ccc(C(C)(C)C)cc1C(=O)C(C)Cl. The number of carbonyl (C=O) groups excluding carboxylic acids is 1. The molecule has 17 heavy (non-hydrogen) atoms. The van der Waals surface area contributed by atoms with Gasteiger partial charge in [-0.2, -0.15) is 0 Å². The van der Waals surface area contributed by atoms with Crippen molar-refractivity contribution >= 4 is 17.4 Å². The Morgan fingerprint density at radius 3 is 2.35 bits per heavy atom. The van der Waals surface area contributed by atoms with Gasteiger partial charge >= 0.3 is 0 Å². The molecule has 1 aromatic rings. The number of hydrogen-bond acceptors (Lipinski definition) is 2. The lowest BCUT2D eigenvalue weighted by atomic mass is 9.85. The van der Waals surface area contributed by atoms with Crippen LogP contribution in [0.3, 0.4) is 0 Å². The topological polar surface area (TPSA) is 26.3 Å². The average molecular weight is 255 g/mol. The zero-order chi connectivity index (χ0) is 13.2. The van der Waals surface area contributed by atoms with E-state index in [-0.39, 0.29) is 11.2 Å². The van der Waals surface area contributed by atoms with Gasteiger partial charge in [-0.05, 0) is 30.0 Å². The van der Waals surface area contributed by atoms with Crippen LogP contribution < -0.4 is 4.74 Å². The lowest BCUT2D eigenvalue weighted by Gasteiger charge is -2.21. The summed E-state index contributed by atoms with van der Waals surface area (Å²) in [5.41, 5.74) is 1.65. The summed E-state index contributed by atoms with van der Waals surface area (Å²) in [6.45, 7) is 7.99. The number of alkyl halides is 1. The monoisotopic (exact) mass is 254 g/mol. The van der Waals surface area contributed by atoms with Crippen molar-refractivity contribution in [1.29, 1.82) is 0 Å². The number of benzene rings is 1. The number of halogens is 1. The van der Waals surface area contributed by atoms with Crippen LogP contribution in [0.2, 0.25) is 0 Å². The quantitative estimate of drug-likeness (QED) is 0.606. The third-order valence-corrected chi connectivity index (χ3v) is 2.89. The molecule has 0 aliphatic rings. The number of hydrogen-bond donors (Lipinski definition) is 0. The van der Waals surface area contributed by atoms with Crippen molar-refractivity contribution < 1.29 is 9.53 Å². The molecule has 1 rings (SSSR count). The van der Waals surface area contributed by atoms with Gasteiger partial charge in [0.05, 0.1) is 18.1 Å². The van der Waals surface area contributed by atoms with E-state index in [2.05, 4.69) is 20.8 Å². The van der Waals surface area contributed by atoms with E-state index in [0.717, 1.165) is 5.56 Å². The first-order valence-corrected chi connectivity index (χ1v) is 6.08. The van der Waals surface area contributed by atoms with E-state index < -0.39 is 5.38 Å². The summed E-state index contributed by atoms with van der Waals surface area (Å²) in [4.78, 5) is 12.0. The van der Waals surface area contributed by atoms with Crippen molar-refractivity contribution in [2.75, 3.05) is 7.11 Å². The fourth-order valence-corrected chi connectivity index (χ4v) is 1.70. The van der Waals surface area contributed by atoms with Gasteiger partial charge < -0.3 is 4.74 Å². The van der Waals surface area contributed by atoms with Gasteiger partial charge in [0.1, 0.15) is 5.75 Å². The summed E-state index contributed by atoms with van der Waals surface area (Å²) in [5, 5.41) is -0.542. The Balaban J connectivity index is 3.30. The number of methoxy groups -OCH3 is 1. The Morgan fingerprint density at radius 1 is 1.35 bits per heavy atom. The van der Waals surface area contributed by atoms with Crippen molar-refractivity contribution in [1.82, 2.24) is 0 Å². The van der Waals surface area contributed by atoms with Crippen LogP contribution >= 0.6 is 11.6 Å². The number of Topliss-reactive ketones (excluding diaryl/α,β-unsaturated/α-hetero) is 1. The molecule has 1 atom stereocenters. The molecule has 0 aliphatic carbocycles. The second kappa shape index (κ2) is 5.09. The van der Waals surface area contributed by atoms with Crippen molar-refractivity contribution in [3.8, 4) is 5.75 Å². The molecule has 1 unspecified atom stereocenters. The standard InChI is InChI=1S/C14H19ClO2/c1-9(15)13(16)11-8-10(14(2,3)4)6-7-12(11)17-5/h6-9H,1-5H3. The second-order valence-electron chi connectivity index (χ2n) is 5.15. The highest BCUT2D eigenvalue weighted by molar-refractivity contribution is 6.33. The molecule has 94 valence electrons. The molecule has 1 aromatic carbocycles. The van der Waals surface area contributed by atoms with Gasteiger partial charge in [0.2, 0.25) is 0 Å². The predicted molar refractivity (Wildman–Crippen MR) is 71.3 cm³/mol. The zero-order valence-electron chi connectivity index (χ0n) is 11.0. The third kappa shape index (κ3) is 3.22. The number of ketones is 1. The molecular weight excluding hydrogens is 236 g/mol. The normalized spacial score (nSPS) is 13.3. The maximum atomic E-state index is 12.0. The van der Waals surface area contributed by atoms with Crippen LogP contribution in [0.25, 0.3) is 0 Å². The van der Waals surface area contributed by atoms with Crippen LogP contribution in [0.4, 0.5) is 0 Å². The van der Waals surface area contributed by atoms with Crippen molar-refractivity contribution in [3.63, 3.8) is 0 Å². The molecule has 0 amide bonds. The van der Waals surface area contributed by atoms with Crippen molar-refractivity contribution in [3.05, 3.63) is 29.3 Å². The van der Waals surface area contributed by atoms with Crippen LogP contribution in [0.1, 0.15) is 43.6 Å². The molecule has 2 nitrogen and oxygen atoms in total. The number of ether oxygens (including phenoxy) is 1. The Labute approximate surface area is 108 Å². The molecular formula is C14H19ClO2. The van der Waals surface area contributed by atoms with Gasteiger partial charge in [-0.3, -0.25) is 4.79 Å². The summed E-state index contributed by atoms with van der Waals surface area (Å²) >= 11 is 5.85. The molecule has 0 saturated heterocycles. The Bertz CT molecular complexity index is 417. The highest BCUT2D eigenvalue weighted by Crippen LogP contribution is 2.29. The van der Waals surface area contributed by atoms with Crippen LogP contribution in [0.15, 0.2) is 18.2 Å². The summed E-state index contributed by atoms with van der Waals surface area (Å²) in [6.07, 6.45) is 0. The fraction of sp³-hybridized carbons (Fsp3) is 0.500. The zero-order valence-corrected chi connectivity index (χ0v) is 11.8. The van der Waals surface area contributed by atoms with E-state index in [1.807, 2.05) is 18.2 Å². The van der Waals surface area contributed by atoms with E-state index in [0.29, 0.717) is 11.3 Å². The summed E-state index contributed by atoms with van der Waals surface area (Å²) in [6, 6.07) is 5.68. The van der Waals surface area contributed by atoms with Gasteiger partial charge in [0, 0.05) is 0 Å². The lowest BCUT2D eigenvalue weighted by Crippen LogP contribution is -2.16. The first kappa shape index (κ1) is 14.0. The fourth-order valence-electron chi connectivity index (χ4n) is 1.58. The summed E-state index contributed by atoms with van der Waals surface area (Å²) in [7, 11) is 1.56. The van der Waals surface area contributed by atoms with E-state index >= 15 is 0 Å². The van der Waals surface area contributed by atoms with E-state index in [1.165, 1.54) is 0 Å². The molecule has 0 aromatic heterocycles. The number of carbonyl (C=O) groups is 1.